The van der Waals surface area contributed by atoms with Gasteiger partial charge in [-0.1, -0.05) is 0 Å². The first kappa shape index (κ1) is 16.8. The van der Waals surface area contributed by atoms with Gasteiger partial charge < -0.3 is 19.7 Å². The number of aryl methyl sites for hydroxylation is 2. The lowest BCUT2D eigenvalue weighted by atomic mass is 10.1. The van der Waals surface area contributed by atoms with Crippen molar-refractivity contribution >= 4 is 6.03 Å². The fourth-order valence-corrected chi connectivity index (χ4v) is 2.92. The molecule has 1 N–H and O–H groups in total. The summed E-state index contributed by atoms with van der Waals surface area (Å²) >= 11 is 0. The number of nitrogens with zero attached hydrogens (tertiary/aromatic N) is 4. The first-order valence-electron chi connectivity index (χ1n) is 8.25. The van der Waals surface area contributed by atoms with E-state index in [0.717, 1.165) is 51.3 Å². The molecule has 2 rings (SSSR count). The van der Waals surface area contributed by atoms with Gasteiger partial charge in [0.05, 0.1) is 0 Å². The average Bonchev–Trinajstić information content (AvgIpc) is 2.92. The Morgan fingerprint density at radius 3 is 2.95 bits per heavy atom. The quantitative estimate of drug-likeness (QED) is 0.814. The average molecular weight is 307 g/mol. The Bertz CT molecular complexity index is 471. The first-order chi connectivity index (χ1) is 10.6. The number of amides is 2. The number of aromatic nitrogens is 2. The van der Waals surface area contributed by atoms with Crippen molar-refractivity contribution in [1.29, 1.82) is 0 Å². The zero-order valence-electron chi connectivity index (χ0n) is 14.1. The number of piperidine rings is 1. The molecule has 2 heterocycles. The number of imidazole rings is 1. The Labute approximate surface area is 133 Å². The number of hydrogen-bond donors (Lipinski definition) is 1. The van der Waals surface area contributed by atoms with E-state index in [1.54, 1.807) is 0 Å². The summed E-state index contributed by atoms with van der Waals surface area (Å²) in [5, 5.41) is 3.05. The van der Waals surface area contributed by atoms with Crippen molar-refractivity contribution in [3.8, 4) is 0 Å². The number of hydrogen-bond acceptors (Lipinski definition) is 3. The molecule has 1 aliphatic heterocycles. The molecule has 124 valence electrons. The Balaban J connectivity index is 1.62. The lowest BCUT2D eigenvalue weighted by Crippen LogP contribution is -2.50. The number of unbranched alkanes of at least 4 members (excludes halogenated alkanes) is 1. The highest BCUT2D eigenvalue weighted by Gasteiger charge is 2.24. The molecule has 0 bridgehead atoms. The topological polar surface area (TPSA) is 53.4 Å². The van der Waals surface area contributed by atoms with Crippen LogP contribution in [0.15, 0.2) is 12.4 Å². The lowest BCUT2D eigenvalue weighted by Gasteiger charge is -2.36. The van der Waals surface area contributed by atoms with Gasteiger partial charge in [-0.3, -0.25) is 0 Å². The molecular weight excluding hydrogens is 278 g/mol. The van der Waals surface area contributed by atoms with Crippen molar-refractivity contribution in [2.45, 2.75) is 45.2 Å². The third-order valence-electron chi connectivity index (χ3n) is 4.44. The number of nitrogens with one attached hydrogen (secondary N) is 1. The minimum atomic E-state index is 0.0883. The van der Waals surface area contributed by atoms with E-state index in [9.17, 15) is 4.79 Å². The van der Waals surface area contributed by atoms with E-state index in [1.807, 2.05) is 24.2 Å². The van der Waals surface area contributed by atoms with Crippen LogP contribution in [0.3, 0.4) is 0 Å². The number of likely N-dealkylation sites (tertiary alicyclic amines) is 1. The van der Waals surface area contributed by atoms with Crippen LogP contribution < -0.4 is 5.32 Å². The zero-order chi connectivity index (χ0) is 15.9. The second-order valence-corrected chi connectivity index (χ2v) is 6.31. The number of carbonyl (C=O) groups excluding carboxylic acids is 1. The van der Waals surface area contributed by atoms with E-state index in [4.69, 9.17) is 0 Å². The molecule has 0 unspecified atom stereocenters. The molecule has 0 spiro atoms. The van der Waals surface area contributed by atoms with Crippen molar-refractivity contribution < 1.29 is 4.79 Å². The monoisotopic (exact) mass is 307 g/mol. The summed E-state index contributed by atoms with van der Waals surface area (Å²) in [5.41, 5.74) is 0. The van der Waals surface area contributed by atoms with Crippen LogP contribution in [-0.4, -0.2) is 65.2 Å². The molecule has 1 aromatic heterocycles. The van der Waals surface area contributed by atoms with Crippen molar-refractivity contribution in [3.63, 3.8) is 0 Å². The minimum absolute atomic E-state index is 0.0883. The smallest absolute Gasteiger partial charge is 0.317 e. The predicted molar refractivity (Wildman–Crippen MR) is 87.9 cm³/mol. The Morgan fingerprint density at radius 2 is 2.27 bits per heavy atom. The molecule has 1 saturated heterocycles. The molecule has 0 saturated carbocycles. The van der Waals surface area contributed by atoms with Crippen LogP contribution >= 0.6 is 0 Å². The maximum atomic E-state index is 12.2. The Hall–Kier alpha value is -1.56. The van der Waals surface area contributed by atoms with E-state index in [0.29, 0.717) is 6.04 Å². The molecule has 1 fully saturated rings. The molecular formula is C16H29N5O. The molecule has 2 amide bonds. The maximum absolute atomic E-state index is 12.2. The van der Waals surface area contributed by atoms with Crippen molar-refractivity contribution in [2.24, 2.45) is 0 Å². The Kier molecular flexibility index (Phi) is 6.24. The van der Waals surface area contributed by atoms with E-state index in [1.165, 1.54) is 6.42 Å². The lowest BCUT2D eigenvalue weighted by molar-refractivity contribution is 0.140. The van der Waals surface area contributed by atoms with Crippen LogP contribution in [0.1, 0.15) is 31.5 Å². The number of carbonyl (C=O) groups is 1. The summed E-state index contributed by atoms with van der Waals surface area (Å²) in [5.74, 6) is 1.05. The Morgan fingerprint density at radius 1 is 1.45 bits per heavy atom. The van der Waals surface area contributed by atoms with Gasteiger partial charge in [-0.25, -0.2) is 9.78 Å². The summed E-state index contributed by atoms with van der Waals surface area (Å²) in [7, 11) is 4.17. The largest absolute Gasteiger partial charge is 0.338 e. The first-order valence-corrected chi connectivity index (χ1v) is 8.25. The van der Waals surface area contributed by atoms with E-state index in [2.05, 4.69) is 33.9 Å². The van der Waals surface area contributed by atoms with Crippen LogP contribution in [0.4, 0.5) is 4.79 Å². The molecule has 1 aromatic rings. The van der Waals surface area contributed by atoms with Crippen LogP contribution in [0, 0.1) is 6.92 Å². The molecule has 1 aliphatic rings. The van der Waals surface area contributed by atoms with Crippen molar-refractivity contribution in [2.75, 3.05) is 33.7 Å². The van der Waals surface area contributed by atoms with Crippen LogP contribution in [0.2, 0.25) is 0 Å². The van der Waals surface area contributed by atoms with Crippen molar-refractivity contribution in [3.05, 3.63) is 18.2 Å². The van der Waals surface area contributed by atoms with Crippen LogP contribution in [-0.2, 0) is 6.54 Å². The van der Waals surface area contributed by atoms with Crippen LogP contribution in [0.25, 0.3) is 0 Å². The minimum Gasteiger partial charge on any atom is -0.338 e. The molecule has 6 nitrogen and oxygen atoms in total. The normalized spacial score (nSPS) is 18.7. The van der Waals surface area contributed by atoms with Gasteiger partial charge in [0.15, 0.2) is 0 Å². The second-order valence-electron chi connectivity index (χ2n) is 6.31. The summed E-state index contributed by atoms with van der Waals surface area (Å²) in [4.78, 5) is 20.6. The van der Waals surface area contributed by atoms with E-state index >= 15 is 0 Å². The maximum Gasteiger partial charge on any atom is 0.317 e. The van der Waals surface area contributed by atoms with Crippen molar-refractivity contribution in [1.82, 2.24) is 24.7 Å². The van der Waals surface area contributed by atoms with E-state index < -0.39 is 0 Å². The summed E-state index contributed by atoms with van der Waals surface area (Å²) in [6.07, 6.45) is 8.15. The van der Waals surface area contributed by atoms with Gasteiger partial charge >= 0.3 is 6.03 Å². The van der Waals surface area contributed by atoms with Gasteiger partial charge in [0.2, 0.25) is 0 Å². The summed E-state index contributed by atoms with van der Waals surface area (Å²) in [6, 6.07) is 0.578. The molecule has 22 heavy (non-hydrogen) atoms. The standard InChI is InChI=1S/C16H29N5O/c1-14-17-9-12-20(14)10-5-4-8-18-16(22)21-11-6-7-15(13-21)19(2)3/h9,12,15H,4-8,10-11,13H2,1-3H3,(H,18,22)/t15-/m0/s1. The fourth-order valence-electron chi connectivity index (χ4n) is 2.92. The summed E-state index contributed by atoms with van der Waals surface area (Å²) < 4.78 is 2.15. The molecule has 0 aromatic carbocycles. The SMILES string of the molecule is Cc1nccn1CCCCNC(=O)N1CCC[C@H](N(C)C)C1. The highest BCUT2D eigenvalue weighted by molar-refractivity contribution is 5.74. The molecule has 0 radical (unpaired) electrons. The molecule has 1 atom stereocenters. The third kappa shape index (κ3) is 4.73. The molecule has 0 aliphatic carbocycles. The predicted octanol–water partition coefficient (Wildman–Crippen LogP) is 1.71. The third-order valence-corrected chi connectivity index (χ3v) is 4.44. The second kappa shape index (κ2) is 8.17. The van der Waals surface area contributed by atoms with Crippen LogP contribution in [0.5, 0.6) is 0 Å². The van der Waals surface area contributed by atoms with Gasteiger partial charge in [-0.15, -0.1) is 0 Å². The fraction of sp³-hybridized carbons (Fsp3) is 0.750. The van der Waals surface area contributed by atoms with Gasteiger partial charge in [-0.05, 0) is 46.7 Å². The highest BCUT2D eigenvalue weighted by atomic mass is 16.2. The molecule has 6 heteroatoms. The van der Waals surface area contributed by atoms with Gasteiger partial charge in [0.25, 0.3) is 0 Å². The number of urea groups is 1. The van der Waals surface area contributed by atoms with Gasteiger partial charge in [-0.2, -0.15) is 0 Å². The number of likely N-dealkylation sites (N-methyl/N-ethyl adjacent to an activating group) is 1. The summed E-state index contributed by atoms with van der Waals surface area (Å²) in [6.45, 7) is 5.45. The highest BCUT2D eigenvalue weighted by Crippen LogP contribution is 2.13. The number of rotatable bonds is 6. The van der Waals surface area contributed by atoms with E-state index in [-0.39, 0.29) is 6.03 Å². The zero-order valence-corrected chi connectivity index (χ0v) is 14.1. The van der Waals surface area contributed by atoms with Gasteiger partial charge in [0, 0.05) is 44.6 Å². The van der Waals surface area contributed by atoms with Gasteiger partial charge in [0.1, 0.15) is 5.82 Å².